The van der Waals surface area contributed by atoms with Gasteiger partial charge in [-0.3, -0.25) is 4.79 Å². The van der Waals surface area contributed by atoms with E-state index in [0.717, 1.165) is 30.2 Å². The second kappa shape index (κ2) is 8.80. The maximum absolute atomic E-state index is 12.3. The first-order chi connectivity index (χ1) is 11.2. The molecule has 3 N–H and O–H groups in total. The second-order valence-corrected chi connectivity index (χ2v) is 5.01. The van der Waals surface area contributed by atoms with Crippen LogP contribution >= 0.6 is 0 Å². The van der Waals surface area contributed by atoms with Crippen molar-refractivity contribution in [2.75, 3.05) is 32.1 Å². The summed E-state index contributed by atoms with van der Waals surface area (Å²) >= 11 is 0. The second-order valence-electron chi connectivity index (χ2n) is 5.01. The molecule has 0 fully saturated rings. The van der Waals surface area contributed by atoms with E-state index in [1.54, 1.807) is 7.11 Å². The molecule has 5 nitrogen and oxygen atoms in total. The summed E-state index contributed by atoms with van der Waals surface area (Å²) in [6.07, 6.45) is 0. The van der Waals surface area contributed by atoms with Crippen LogP contribution in [0.15, 0.2) is 48.5 Å². The highest BCUT2D eigenvalue weighted by atomic mass is 16.5. The average Bonchev–Trinajstić information content (AvgIpc) is 2.59. The number of nitrogens with one attached hydrogen (secondary N) is 3. The Hall–Kier alpha value is -2.53. The van der Waals surface area contributed by atoms with Crippen LogP contribution in [0.25, 0.3) is 0 Å². The minimum absolute atomic E-state index is 0.0890. The first-order valence-electron chi connectivity index (χ1n) is 7.73. The fourth-order valence-corrected chi connectivity index (χ4v) is 2.18. The van der Waals surface area contributed by atoms with E-state index < -0.39 is 0 Å². The molecule has 0 radical (unpaired) electrons. The van der Waals surface area contributed by atoms with Crippen LogP contribution in [0.4, 0.5) is 11.4 Å². The smallest absolute Gasteiger partial charge is 0.253 e. The lowest BCUT2D eigenvalue weighted by atomic mass is 10.1. The summed E-state index contributed by atoms with van der Waals surface area (Å²) < 4.78 is 5.22. The molecule has 0 saturated heterocycles. The van der Waals surface area contributed by atoms with Crippen molar-refractivity contribution in [3.63, 3.8) is 0 Å². The molecule has 5 heteroatoms. The lowest BCUT2D eigenvalue weighted by Gasteiger charge is -2.13. The van der Waals surface area contributed by atoms with Gasteiger partial charge in [-0.25, -0.2) is 0 Å². The van der Waals surface area contributed by atoms with E-state index in [2.05, 4.69) is 16.0 Å². The van der Waals surface area contributed by atoms with Gasteiger partial charge in [0.05, 0.1) is 18.4 Å². The summed E-state index contributed by atoms with van der Waals surface area (Å²) in [6, 6.07) is 15.1. The van der Waals surface area contributed by atoms with Gasteiger partial charge < -0.3 is 20.7 Å². The highest BCUT2D eigenvalue weighted by molar-refractivity contribution is 6.00. The number of rotatable bonds is 8. The third kappa shape index (κ3) is 5.00. The predicted octanol–water partition coefficient (Wildman–Crippen LogP) is 2.78. The minimum Gasteiger partial charge on any atom is -0.497 e. The Morgan fingerprint density at radius 1 is 1.09 bits per heavy atom. The molecule has 0 aromatic heterocycles. The van der Waals surface area contributed by atoms with Gasteiger partial charge in [-0.1, -0.05) is 25.1 Å². The Morgan fingerprint density at radius 2 is 1.91 bits per heavy atom. The quantitative estimate of drug-likeness (QED) is 0.656. The van der Waals surface area contributed by atoms with Crippen LogP contribution in [0.3, 0.4) is 0 Å². The van der Waals surface area contributed by atoms with Crippen LogP contribution in [0.1, 0.15) is 17.3 Å². The summed E-state index contributed by atoms with van der Waals surface area (Å²) in [6.45, 7) is 4.28. The van der Waals surface area contributed by atoms with Crippen LogP contribution in [0.5, 0.6) is 5.75 Å². The molecule has 122 valence electrons. The molecule has 0 aliphatic carbocycles. The van der Waals surface area contributed by atoms with Crippen LogP contribution in [0.2, 0.25) is 0 Å². The zero-order valence-electron chi connectivity index (χ0n) is 13.6. The number of ether oxygens (including phenoxy) is 1. The molecule has 1 amide bonds. The van der Waals surface area contributed by atoms with Gasteiger partial charge in [-0.05, 0) is 30.8 Å². The molecule has 2 rings (SSSR count). The lowest BCUT2D eigenvalue weighted by Crippen LogP contribution is -2.32. The van der Waals surface area contributed by atoms with Crippen molar-refractivity contribution in [3.05, 3.63) is 54.1 Å². The predicted molar refractivity (Wildman–Crippen MR) is 93.6 cm³/mol. The molecule has 0 aliphatic heterocycles. The van der Waals surface area contributed by atoms with E-state index in [-0.39, 0.29) is 5.91 Å². The Bertz CT molecular complexity index is 644. The SMILES string of the molecule is CCNCCNC(=O)c1ccccc1Nc1cccc(OC)c1. The maximum atomic E-state index is 12.3. The van der Waals surface area contributed by atoms with Gasteiger partial charge in [0.1, 0.15) is 5.75 Å². The molecule has 23 heavy (non-hydrogen) atoms. The Labute approximate surface area is 137 Å². The van der Waals surface area contributed by atoms with Gasteiger partial charge in [0.15, 0.2) is 0 Å². The van der Waals surface area contributed by atoms with Gasteiger partial charge in [-0.15, -0.1) is 0 Å². The van der Waals surface area contributed by atoms with Gasteiger partial charge in [0, 0.05) is 24.8 Å². The van der Waals surface area contributed by atoms with Crippen molar-refractivity contribution in [3.8, 4) is 5.75 Å². The molecule has 0 saturated carbocycles. The monoisotopic (exact) mass is 313 g/mol. The molecular formula is C18H23N3O2. The Morgan fingerprint density at radius 3 is 2.70 bits per heavy atom. The van der Waals surface area contributed by atoms with E-state index in [4.69, 9.17) is 4.74 Å². The van der Waals surface area contributed by atoms with E-state index in [1.807, 2.05) is 55.5 Å². The topological polar surface area (TPSA) is 62.4 Å². The largest absolute Gasteiger partial charge is 0.497 e. The molecule has 0 aliphatic rings. The third-order valence-electron chi connectivity index (χ3n) is 3.36. The molecule has 0 spiro atoms. The summed E-state index contributed by atoms with van der Waals surface area (Å²) in [7, 11) is 1.63. The fourth-order valence-electron chi connectivity index (χ4n) is 2.18. The normalized spacial score (nSPS) is 10.2. The molecule has 0 heterocycles. The first-order valence-corrected chi connectivity index (χ1v) is 7.73. The summed E-state index contributed by atoms with van der Waals surface area (Å²) in [5.74, 6) is 0.677. The minimum atomic E-state index is -0.0890. The molecular weight excluding hydrogens is 290 g/mol. The number of anilines is 2. The molecule has 0 bridgehead atoms. The standard InChI is InChI=1S/C18H23N3O2/c1-3-19-11-12-20-18(22)16-9-4-5-10-17(16)21-14-7-6-8-15(13-14)23-2/h4-10,13,19,21H,3,11-12H2,1-2H3,(H,20,22). The fraction of sp³-hybridized carbons (Fsp3) is 0.278. The number of methoxy groups -OCH3 is 1. The lowest BCUT2D eigenvalue weighted by molar-refractivity contribution is 0.0955. The van der Waals surface area contributed by atoms with E-state index >= 15 is 0 Å². The zero-order valence-corrected chi connectivity index (χ0v) is 13.6. The highest BCUT2D eigenvalue weighted by Gasteiger charge is 2.10. The van der Waals surface area contributed by atoms with Gasteiger partial charge in [0.2, 0.25) is 0 Å². The summed E-state index contributed by atoms with van der Waals surface area (Å²) in [5, 5.41) is 9.37. The maximum Gasteiger partial charge on any atom is 0.253 e. The molecule has 0 atom stereocenters. The van der Waals surface area contributed by atoms with Crippen molar-refractivity contribution in [2.24, 2.45) is 0 Å². The van der Waals surface area contributed by atoms with Crippen molar-refractivity contribution in [1.82, 2.24) is 10.6 Å². The number of amides is 1. The van der Waals surface area contributed by atoms with Crippen LogP contribution in [0, 0.1) is 0 Å². The Kier molecular flexibility index (Phi) is 6.44. The number of carbonyl (C=O) groups is 1. The number of carbonyl (C=O) groups excluding carboxylic acids is 1. The van der Waals surface area contributed by atoms with Gasteiger partial charge in [-0.2, -0.15) is 0 Å². The first kappa shape index (κ1) is 16.8. The number of para-hydroxylation sites is 1. The van der Waals surface area contributed by atoms with Crippen molar-refractivity contribution < 1.29 is 9.53 Å². The summed E-state index contributed by atoms with van der Waals surface area (Å²) in [4.78, 5) is 12.3. The number of hydrogen-bond donors (Lipinski definition) is 3. The highest BCUT2D eigenvalue weighted by Crippen LogP contribution is 2.23. The van der Waals surface area contributed by atoms with Crippen molar-refractivity contribution in [1.29, 1.82) is 0 Å². The van der Waals surface area contributed by atoms with Crippen molar-refractivity contribution in [2.45, 2.75) is 6.92 Å². The molecule has 2 aromatic rings. The Balaban J connectivity index is 2.08. The van der Waals surface area contributed by atoms with E-state index in [1.165, 1.54) is 0 Å². The average molecular weight is 313 g/mol. The summed E-state index contributed by atoms with van der Waals surface area (Å²) in [5.41, 5.74) is 2.26. The van der Waals surface area contributed by atoms with Crippen LogP contribution in [-0.2, 0) is 0 Å². The van der Waals surface area contributed by atoms with Crippen LogP contribution < -0.4 is 20.7 Å². The number of likely N-dealkylation sites (N-methyl/N-ethyl adjacent to an activating group) is 1. The van der Waals surface area contributed by atoms with Gasteiger partial charge >= 0.3 is 0 Å². The number of hydrogen-bond acceptors (Lipinski definition) is 4. The molecule has 0 unspecified atom stereocenters. The number of benzene rings is 2. The van der Waals surface area contributed by atoms with E-state index in [0.29, 0.717) is 12.1 Å². The zero-order chi connectivity index (χ0) is 16.5. The molecule has 2 aromatic carbocycles. The van der Waals surface area contributed by atoms with Gasteiger partial charge in [0.25, 0.3) is 5.91 Å². The van der Waals surface area contributed by atoms with E-state index in [9.17, 15) is 4.79 Å². The van der Waals surface area contributed by atoms with Crippen molar-refractivity contribution >= 4 is 17.3 Å². The van der Waals surface area contributed by atoms with Crippen LogP contribution in [-0.4, -0.2) is 32.7 Å². The third-order valence-corrected chi connectivity index (χ3v) is 3.36.